The minimum Gasteiger partial charge on any atom is -0.482 e. The number of hydrogen-bond acceptors (Lipinski definition) is 8. The van der Waals surface area contributed by atoms with Gasteiger partial charge in [0.2, 0.25) is 5.88 Å². The van der Waals surface area contributed by atoms with Gasteiger partial charge >= 0.3 is 6.03 Å². The summed E-state index contributed by atoms with van der Waals surface area (Å²) in [6.07, 6.45) is 9.41. The number of ether oxygens (including phenoxy) is 2. The Morgan fingerprint density at radius 3 is 2.55 bits per heavy atom. The van der Waals surface area contributed by atoms with E-state index in [4.69, 9.17) is 25.2 Å². The lowest BCUT2D eigenvalue weighted by Gasteiger charge is -2.23. The second-order valence-electron chi connectivity index (χ2n) is 15.1. The molecule has 5 aromatic rings. The van der Waals surface area contributed by atoms with E-state index in [0.29, 0.717) is 41.4 Å². The van der Waals surface area contributed by atoms with Crippen LogP contribution in [0, 0.1) is 5.92 Å². The van der Waals surface area contributed by atoms with Gasteiger partial charge < -0.3 is 34.9 Å². The van der Waals surface area contributed by atoms with Crippen LogP contribution in [0.5, 0.6) is 11.8 Å². The number of urea groups is 1. The van der Waals surface area contributed by atoms with Crippen LogP contribution in [0.4, 0.5) is 4.79 Å². The summed E-state index contributed by atoms with van der Waals surface area (Å²) in [5, 5.41) is 4.13. The van der Waals surface area contributed by atoms with Crippen LogP contribution in [0.2, 0.25) is 0 Å². The Kier molecular flexibility index (Phi) is 8.13. The highest BCUT2D eigenvalue weighted by Crippen LogP contribution is 2.47. The predicted molar refractivity (Wildman–Crippen MR) is 200 cm³/mol. The van der Waals surface area contributed by atoms with Crippen molar-refractivity contribution in [3.05, 3.63) is 83.3 Å². The summed E-state index contributed by atoms with van der Waals surface area (Å²) in [6.45, 7) is 3.12. The number of carbonyl (C=O) groups is 2. The molecule has 2 saturated carbocycles. The highest BCUT2D eigenvalue weighted by molar-refractivity contribution is 5.97. The predicted octanol–water partition coefficient (Wildman–Crippen LogP) is 5.43. The molecular weight excluding hydrogens is 670 g/mol. The van der Waals surface area contributed by atoms with E-state index in [1.165, 1.54) is 12.8 Å². The molecule has 0 aromatic carbocycles. The molecule has 7 heterocycles. The Morgan fingerprint density at radius 1 is 1.02 bits per heavy atom. The van der Waals surface area contributed by atoms with Gasteiger partial charge in [-0.1, -0.05) is 18.2 Å². The van der Waals surface area contributed by atoms with Gasteiger partial charge in [0.25, 0.3) is 5.91 Å². The lowest BCUT2D eigenvalue weighted by molar-refractivity contribution is 0.0739. The molecule has 0 radical (unpaired) electrons. The summed E-state index contributed by atoms with van der Waals surface area (Å²) in [5.41, 5.74) is 13.0. The van der Waals surface area contributed by atoms with E-state index in [0.717, 1.165) is 65.3 Å². The first-order chi connectivity index (χ1) is 25.7. The Labute approximate surface area is 307 Å². The van der Waals surface area contributed by atoms with Gasteiger partial charge in [0.15, 0.2) is 5.88 Å². The molecule has 4 aliphatic rings. The molecule has 2 bridgehead atoms. The molecule has 2 aliphatic carbocycles. The molecule has 9 rings (SSSR count). The third kappa shape index (κ3) is 5.96. The largest absolute Gasteiger partial charge is 0.482 e. The molecule has 1 unspecified atom stereocenters. The lowest BCUT2D eigenvalue weighted by atomic mass is 10.0. The minimum absolute atomic E-state index is 0.0192. The summed E-state index contributed by atoms with van der Waals surface area (Å²) in [7, 11) is 4.97. The fourth-order valence-electron chi connectivity index (χ4n) is 8.06. The molecule has 13 heteroatoms. The molecule has 4 atom stereocenters. The Balaban J connectivity index is 1.06. The molecule has 53 heavy (non-hydrogen) atoms. The van der Waals surface area contributed by atoms with Crippen molar-refractivity contribution in [2.24, 2.45) is 11.7 Å². The number of fused-ring (bicyclic) bond motifs is 4. The van der Waals surface area contributed by atoms with E-state index in [1.54, 1.807) is 32.2 Å². The van der Waals surface area contributed by atoms with Crippen molar-refractivity contribution >= 4 is 28.6 Å². The smallest absolute Gasteiger partial charge is 0.318 e. The van der Waals surface area contributed by atoms with Gasteiger partial charge in [0.05, 0.1) is 61.7 Å². The van der Waals surface area contributed by atoms with Crippen LogP contribution in [-0.2, 0) is 13.1 Å². The maximum absolute atomic E-state index is 14.0. The highest BCUT2D eigenvalue weighted by Gasteiger charge is 2.44. The highest BCUT2D eigenvalue weighted by atomic mass is 16.5. The van der Waals surface area contributed by atoms with Gasteiger partial charge in [-0.3, -0.25) is 9.20 Å². The van der Waals surface area contributed by atoms with Crippen LogP contribution in [0.25, 0.3) is 28.1 Å². The zero-order valence-corrected chi connectivity index (χ0v) is 30.5. The van der Waals surface area contributed by atoms with Crippen molar-refractivity contribution in [2.75, 3.05) is 21.3 Å². The number of hydrogen-bond donors (Lipinski definition) is 2. The monoisotopic (exact) mass is 715 g/mol. The molecular formula is C40H45N9O4. The van der Waals surface area contributed by atoms with Gasteiger partial charge in [0.1, 0.15) is 17.0 Å². The number of nitrogens with two attached hydrogens (primary N) is 1. The van der Waals surface area contributed by atoms with Gasteiger partial charge in [-0.05, 0) is 75.3 Å². The first-order valence-corrected chi connectivity index (χ1v) is 18.6. The van der Waals surface area contributed by atoms with Crippen LogP contribution in [0.1, 0.15) is 78.4 Å². The number of imidazole rings is 1. The second kappa shape index (κ2) is 12.9. The average Bonchev–Trinajstić information content (AvgIpc) is 4.04. The fourth-order valence-corrected chi connectivity index (χ4v) is 8.06. The first kappa shape index (κ1) is 33.4. The standard InChI is InChI=1S/C40H45N9O4/c1-22(42-40(51)46(2)21-27-6-5-7-34(43-27)52-3)30-14-12-25-16-32(47(38(25)44-30)20-23-8-9-23)36-37(24-10-11-24)49-33(45-36)17-26(18-35(49)53-4)39(50)48-28-13-15-31(48)29(41)19-28/h5-7,12-18,22-24,28-29,31H,8-11,19-21,41H2,1-4H3,(H,42,51)/t22-,28+,29-,31?/m1/s1. The SMILES string of the molecule is COc1cccc(CN(C)C(=O)N[C@H](C)c2ccc3cc(-c4nc5cc(C(=O)N6C7C=C[C@H]6C[C@H]7N)cc(OC)n5c4C4CC4)n(CC4CC4)c3n2)n1. The van der Waals surface area contributed by atoms with Crippen LogP contribution >= 0.6 is 0 Å². The van der Waals surface area contributed by atoms with E-state index in [-0.39, 0.29) is 36.1 Å². The van der Waals surface area contributed by atoms with Gasteiger partial charge in [-0.25, -0.2) is 19.7 Å². The van der Waals surface area contributed by atoms with Gasteiger partial charge in [0, 0.05) is 48.6 Å². The van der Waals surface area contributed by atoms with Crippen molar-refractivity contribution in [1.29, 1.82) is 0 Å². The van der Waals surface area contributed by atoms with Crippen LogP contribution < -0.4 is 20.5 Å². The van der Waals surface area contributed by atoms with E-state index in [1.807, 2.05) is 42.2 Å². The van der Waals surface area contributed by atoms with Gasteiger partial charge in [-0.15, -0.1) is 0 Å². The zero-order valence-electron chi connectivity index (χ0n) is 30.5. The first-order valence-electron chi connectivity index (χ1n) is 18.6. The molecule has 5 aromatic heterocycles. The maximum atomic E-state index is 14.0. The number of nitrogens with one attached hydrogen (secondary N) is 1. The Morgan fingerprint density at radius 2 is 1.85 bits per heavy atom. The molecule has 3 fully saturated rings. The van der Waals surface area contributed by atoms with E-state index >= 15 is 0 Å². The van der Waals surface area contributed by atoms with E-state index in [9.17, 15) is 9.59 Å². The second-order valence-corrected chi connectivity index (χ2v) is 15.1. The molecule has 274 valence electrons. The summed E-state index contributed by atoms with van der Waals surface area (Å²) < 4.78 is 15.6. The van der Waals surface area contributed by atoms with Crippen molar-refractivity contribution < 1.29 is 19.1 Å². The average molecular weight is 716 g/mol. The Bertz CT molecular complexity index is 2290. The molecule has 1 saturated heterocycles. The van der Waals surface area contributed by atoms with Crippen molar-refractivity contribution in [3.8, 4) is 23.1 Å². The maximum Gasteiger partial charge on any atom is 0.318 e. The molecule has 3 amide bonds. The van der Waals surface area contributed by atoms with Gasteiger partial charge in [-0.2, -0.15) is 0 Å². The number of aromatic nitrogens is 5. The number of pyridine rings is 3. The number of methoxy groups -OCH3 is 2. The third-order valence-corrected chi connectivity index (χ3v) is 11.2. The normalized spacial score (nSPS) is 21.1. The van der Waals surface area contributed by atoms with Crippen molar-refractivity contribution in [2.45, 2.75) is 82.2 Å². The molecule has 0 spiro atoms. The minimum atomic E-state index is -0.339. The van der Waals surface area contributed by atoms with E-state index < -0.39 is 0 Å². The lowest BCUT2D eigenvalue weighted by Crippen LogP contribution is -2.40. The number of nitrogens with zero attached hydrogens (tertiary/aromatic N) is 7. The summed E-state index contributed by atoms with van der Waals surface area (Å²) in [6, 6.07) is 14.8. The zero-order chi connectivity index (χ0) is 36.5. The van der Waals surface area contributed by atoms with E-state index in [2.05, 4.69) is 43.6 Å². The van der Waals surface area contributed by atoms with Crippen molar-refractivity contribution in [3.63, 3.8) is 0 Å². The molecule has 3 N–H and O–H groups in total. The van der Waals surface area contributed by atoms with Crippen LogP contribution in [-0.4, -0.2) is 85.1 Å². The number of rotatable bonds is 11. The molecule has 2 aliphatic heterocycles. The summed E-state index contributed by atoms with van der Waals surface area (Å²) in [5.74, 6) is 1.96. The third-order valence-electron chi connectivity index (χ3n) is 11.2. The number of carbonyl (C=O) groups excluding carboxylic acids is 2. The quantitative estimate of drug-likeness (QED) is 0.172. The fraction of sp³-hybridized carbons (Fsp3) is 0.425. The topological polar surface area (TPSA) is 145 Å². The summed E-state index contributed by atoms with van der Waals surface area (Å²) in [4.78, 5) is 45.6. The van der Waals surface area contributed by atoms with Crippen LogP contribution in [0.3, 0.4) is 0 Å². The molecule has 13 nitrogen and oxygen atoms in total. The van der Waals surface area contributed by atoms with Crippen molar-refractivity contribution in [1.82, 2.24) is 39.0 Å². The number of amides is 3. The summed E-state index contributed by atoms with van der Waals surface area (Å²) >= 11 is 0. The van der Waals surface area contributed by atoms with Crippen LogP contribution in [0.15, 0.2) is 60.7 Å². The Hall–Kier alpha value is -5.43.